The van der Waals surface area contributed by atoms with Crippen LogP contribution in [0.2, 0.25) is 0 Å². The van der Waals surface area contributed by atoms with E-state index in [4.69, 9.17) is 10.8 Å². The van der Waals surface area contributed by atoms with Gasteiger partial charge in [-0.2, -0.15) is 0 Å². The van der Waals surface area contributed by atoms with Crippen LogP contribution in [0.15, 0.2) is 30.3 Å². The molecule has 1 aromatic rings. The maximum absolute atomic E-state index is 12.2. The van der Waals surface area contributed by atoms with Crippen molar-refractivity contribution in [3.8, 4) is 0 Å². The van der Waals surface area contributed by atoms with Crippen LogP contribution in [0.4, 0.5) is 0 Å². The highest BCUT2D eigenvalue weighted by molar-refractivity contribution is 5.85. The molecule has 0 saturated carbocycles. The van der Waals surface area contributed by atoms with Crippen molar-refractivity contribution in [1.29, 1.82) is 0 Å². The zero-order valence-electron chi connectivity index (χ0n) is 12.5. The van der Waals surface area contributed by atoms with Crippen LogP contribution in [-0.4, -0.2) is 41.0 Å². The summed E-state index contributed by atoms with van der Waals surface area (Å²) in [6.45, 7) is 1.47. The first-order valence-corrected chi connectivity index (χ1v) is 7.39. The molecular formula is C16H23ClN2O3. The number of likely N-dealkylation sites (tertiary alicyclic amines) is 1. The van der Waals surface area contributed by atoms with Crippen LogP contribution in [0.3, 0.4) is 0 Å². The molecule has 2 unspecified atom stereocenters. The number of carbonyl (C=O) groups is 2. The van der Waals surface area contributed by atoms with Crippen molar-refractivity contribution in [3.63, 3.8) is 0 Å². The van der Waals surface area contributed by atoms with E-state index in [0.717, 1.165) is 19.4 Å². The average Bonchev–Trinajstić information content (AvgIpc) is 2.53. The number of carbonyl (C=O) groups excluding carboxylic acids is 1. The molecule has 0 aliphatic carbocycles. The zero-order valence-corrected chi connectivity index (χ0v) is 13.3. The number of nitrogens with zero attached hydrogens (tertiary/aromatic N) is 1. The molecule has 0 bridgehead atoms. The summed E-state index contributed by atoms with van der Waals surface area (Å²) in [4.78, 5) is 24.7. The predicted octanol–water partition coefficient (Wildman–Crippen LogP) is 2.01. The summed E-state index contributed by atoms with van der Waals surface area (Å²) in [6, 6.07) is 9.26. The number of piperidine rings is 1. The van der Waals surface area contributed by atoms with Crippen molar-refractivity contribution in [1.82, 2.24) is 4.90 Å². The van der Waals surface area contributed by atoms with Crippen LogP contribution in [0, 0.1) is 0 Å². The number of benzene rings is 1. The molecule has 122 valence electrons. The van der Waals surface area contributed by atoms with Gasteiger partial charge in [0.15, 0.2) is 0 Å². The predicted molar refractivity (Wildman–Crippen MR) is 87.1 cm³/mol. The lowest BCUT2D eigenvalue weighted by Gasteiger charge is -2.33. The molecule has 0 aromatic heterocycles. The molecule has 0 spiro atoms. The summed E-state index contributed by atoms with van der Waals surface area (Å²) in [6.07, 6.45) is 2.47. The summed E-state index contributed by atoms with van der Waals surface area (Å²) in [7, 11) is 0. The molecule has 1 amide bonds. The molecule has 1 aliphatic rings. The van der Waals surface area contributed by atoms with Gasteiger partial charge in [0.1, 0.15) is 6.04 Å². The number of carboxylic acids is 1. The molecule has 1 fully saturated rings. The maximum atomic E-state index is 12.2. The van der Waals surface area contributed by atoms with Crippen molar-refractivity contribution in [2.75, 3.05) is 13.1 Å². The van der Waals surface area contributed by atoms with Crippen LogP contribution in [-0.2, 0) is 9.59 Å². The minimum Gasteiger partial charge on any atom is -0.480 e. The van der Waals surface area contributed by atoms with Crippen LogP contribution in [0.5, 0.6) is 0 Å². The van der Waals surface area contributed by atoms with E-state index in [0.29, 0.717) is 12.5 Å². The van der Waals surface area contributed by atoms with Crippen molar-refractivity contribution >= 4 is 24.3 Å². The first kappa shape index (κ1) is 18.5. The monoisotopic (exact) mass is 326 g/mol. The van der Waals surface area contributed by atoms with Crippen molar-refractivity contribution in [2.24, 2.45) is 5.73 Å². The highest BCUT2D eigenvalue weighted by Crippen LogP contribution is 2.27. The lowest BCUT2D eigenvalue weighted by Crippen LogP contribution is -2.40. The second kappa shape index (κ2) is 8.76. The molecule has 1 heterocycles. The molecule has 0 radical (unpaired) electrons. The van der Waals surface area contributed by atoms with Gasteiger partial charge in [-0.05, 0) is 24.8 Å². The Hall–Kier alpha value is -1.59. The van der Waals surface area contributed by atoms with Crippen LogP contribution < -0.4 is 5.73 Å². The number of rotatable bonds is 5. The number of amides is 1. The van der Waals surface area contributed by atoms with Crippen LogP contribution in [0.1, 0.15) is 37.2 Å². The van der Waals surface area contributed by atoms with Gasteiger partial charge >= 0.3 is 5.97 Å². The normalized spacial score (nSPS) is 19.1. The quantitative estimate of drug-likeness (QED) is 0.867. The average molecular weight is 327 g/mol. The van der Waals surface area contributed by atoms with E-state index in [1.807, 2.05) is 23.1 Å². The Labute approximate surface area is 136 Å². The molecule has 3 N–H and O–H groups in total. The van der Waals surface area contributed by atoms with Gasteiger partial charge in [0, 0.05) is 25.4 Å². The highest BCUT2D eigenvalue weighted by atomic mass is 35.5. The zero-order chi connectivity index (χ0) is 15.2. The Balaban J connectivity index is 0.00000242. The Morgan fingerprint density at radius 3 is 2.64 bits per heavy atom. The van der Waals surface area contributed by atoms with E-state index in [1.165, 1.54) is 5.56 Å². The van der Waals surface area contributed by atoms with Gasteiger partial charge in [-0.1, -0.05) is 30.3 Å². The fourth-order valence-electron chi connectivity index (χ4n) is 2.76. The summed E-state index contributed by atoms with van der Waals surface area (Å²) >= 11 is 0. The third kappa shape index (κ3) is 5.00. The van der Waals surface area contributed by atoms with E-state index in [2.05, 4.69) is 12.1 Å². The third-order valence-electron chi connectivity index (χ3n) is 4.03. The fraction of sp³-hybridized carbons (Fsp3) is 0.500. The van der Waals surface area contributed by atoms with Gasteiger partial charge in [-0.25, -0.2) is 0 Å². The minimum atomic E-state index is -1.05. The lowest BCUT2D eigenvalue weighted by atomic mass is 9.90. The van der Waals surface area contributed by atoms with E-state index in [-0.39, 0.29) is 31.2 Å². The number of halogens is 1. The minimum absolute atomic E-state index is 0. The summed E-state index contributed by atoms with van der Waals surface area (Å²) in [5.74, 6) is -0.673. The van der Waals surface area contributed by atoms with Crippen molar-refractivity contribution in [2.45, 2.75) is 37.6 Å². The van der Waals surface area contributed by atoms with Gasteiger partial charge in [0.25, 0.3) is 0 Å². The summed E-state index contributed by atoms with van der Waals surface area (Å²) < 4.78 is 0. The molecule has 22 heavy (non-hydrogen) atoms. The summed E-state index contributed by atoms with van der Waals surface area (Å²) in [5, 5.41) is 8.75. The van der Waals surface area contributed by atoms with Gasteiger partial charge in [0.05, 0.1) is 0 Å². The second-order valence-electron chi connectivity index (χ2n) is 5.57. The number of hydrogen-bond donors (Lipinski definition) is 2. The Morgan fingerprint density at radius 1 is 1.32 bits per heavy atom. The highest BCUT2D eigenvalue weighted by Gasteiger charge is 2.25. The molecule has 5 nitrogen and oxygen atoms in total. The van der Waals surface area contributed by atoms with Gasteiger partial charge < -0.3 is 15.7 Å². The number of hydrogen-bond acceptors (Lipinski definition) is 3. The SMILES string of the molecule is Cl.NC(CCC(=O)N1CCCC(c2ccccc2)C1)C(=O)O. The number of carboxylic acid groups (broad SMARTS) is 1. The Morgan fingerprint density at radius 2 is 2.00 bits per heavy atom. The smallest absolute Gasteiger partial charge is 0.320 e. The van der Waals surface area contributed by atoms with Gasteiger partial charge in [-0.15, -0.1) is 12.4 Å². The molecule has 1 aliphatic heterocycles. The Bertz CT molecular complexity index is 495. The lowest BCUT2D eigenvalue weighted by molar-refractivity contribution is -0.139. The number of aliphatic carboxylic acids is 1. The molecule has 2 rings (SSSR count). The van der Waals surface area contributed by atoms with Crippen molar-refractivity contribution in [3.05, 3.63) is 35.9 Å². The fourth-order valence-corrected chi connectivity index (χ4v) is 2.76. The molecule has 2 atom stereocenters. The molecule has 6 heteroatoms. The largest absolute Gasteiger partial charge is 0.480 e. The van der Waals surface area contributed by atoms with Crippen LogP contribution in [0.25, 0.3) is 0 Å². The topological polar surface area (TPSA) is 83.6 Å². The number of nitrogens with two attached hydrogens (primary N) is 1. The third-order valence-corrected chi connectivity index (χ3v) is 4.03. The maximum Gasteiger partial charge on any atom is 0.320 e. The first-order valence-electron chi connectivity index (χ1n) is 7.39. The molecular weight excluding hydrogens is 304 g/mol. The molecule has 1 saturated heterocycles. The second-order valence-corrected chi connectivity index (χ2v) is 5.57. The van der Waals surface area contributed by atoms with Gasteiger partial charge in [-0.3, -0.25) is 9.59 Å². The van der Waals surface area contributed by atoms with Crippen molar-refractivity contribution < 1.29 is 14.7 Å². The standard InChI is InChI=1S/C16H22N2O3.ClH/c17-14(16(20)21)8-9-15(19)18-10-4-7-13(11-18)12-5-2-1-3-6-12;/h1-3,5-6,13-14H,4,7-11,17H2,(H,20,21);1H. The van der Waals surface area contributed by atoms with Crippen LogP contribution >= 0.6 is 12.4 Å². The van der Waals surface area contributed by atoms with E-state index in [9.17, 15) is 9.59 Å². The Kier molecular flexibility index (Phi) is 7.35. The van der Waals surface area contributed by atoms with E-state index < -0.39 is 12.0 Å². The van der Waals surface area contributed by atoms with E-state index >= 15 is 0 Å². The summed E-state index contributed by atoms with van der Waals surface area (Å²) in [5.41, 5.74) is 6.70. The van der Waals surface area contributed by atoms with E-state index in [1.54, 1.807) is 0 Å². The molecule has 1 aromatic carbocycles. The van der Waals surface area contributed by atoms with Gasteiger partial charge in [0.2, 0.25) is 5.91 Å². The first-order chi connectivity index (χ1) is 10.1.